The minimum atomic E-state index is -0.188. The van der Waals surface area contributed by atoms with Gasteiger partial charge in [-0.2, -0.15) is 0 Å². The Labute approximate surface area is 169 Å². The maximum Gasteiger partial charge on any atom is 0.132 e. The number of halogens is 1. The molecule has 1 nitrogen and oxygen atoms in total. The minimum Gasteiger partial charge on any atom is -0.494 e. The monoisotopic (exact) mass is 390 g/mol. The van der Waals surface area contributed by atoms with Crippen molar-refractivity contribution in [2.24, 2.45) is 0 Å². The number of ether oxygens (including phenoxy) is 1. The predicted octanol–water partition coefficient (Wildman–Crippen LogP) is 7.73. The van der Waals surface area contributed by atoms with Crippen molar-refractivity contribution in [3.05, 3.63) is 78.1 Å². The van der Waals surface area contributed by atoms with Crippen LogP contribution in [0.2, 0.25) is 0 Å². The van der Waals surface area contributed by atoms with Gasteiger partial charge in [-0.05, 0) is 71.8 Å². The molecule has 28 heavy (non-hydrogen) atoms. The number of hydrogen-bond acceptors (Lipinski definition) is 2. The number of benzene rings is 3. The van der Waals surface area contributed by atoms with Crippen LogP contribution in [0.4, 0.5) is 4.39 Å². The van der Waals surface area contributed by atoms with Gasteiger partial charge in [0.05, 0.1) is 6.61 Å². The highest BCUT2D eigenvalue weighted by Crippen LogP contribution is 2.37. The lowest BCUT2D eigenvalue weighted by atomic mass is 10.0. The van der Waals surface area contributed by atoms with E-state index in [4.69, 9.17) is 4.74 Å². The standard InChI is InChI=1S/C25H23FOS/c1-3-5-17-6-8-18(9-7-17)19-11-13-22(23(26)14-19)25-15-20-10-12-21(27-4-2)16-24(20)28-25/h6-16H,3-5H2,1-2H3. The third kappa shape index (κ3) is 3.81. The maximum atomic E-state index is 14.9. The molecule has 0 atom stereocenters. The fourth-order valence-electron chi connectivity index (χ4n) is 3.45. The van der Waals surface area contributed by atoms with Crippen LogP contribution in [0, 0.1) is 5.82 Å². The molecule has 0 N–H and O–H groups in total. The molecular weight excluding hydrogens is 367 g/mol. The molecule has 0 unspecified atom stereocenters. The molecule has 0 bridgehead atoms. The van der Waals surface area contributed by atoms with Gasteiger partial charge in [-0.15, -0.1) is 11.3 Å². The Kier molecular flexibility index (Phi) is 5.45. The SMILES string of the molecule is CCCc1ccc(-c2ccc(-c3cc4ccc(OCC)cc4s3)c(F)c2)cc1. The number of rotatable bonds is 6. The molecule has 0 radical (unpaired) electrons. The van der Waals surface area contributed by atoms with Crippen LogP contribution in [-0.4, -0.2) is 6.61 Å². The van der Waals surface area contributed by atoms with Gasteiger partial charge in [-0.1, -0.05) is 43.7 Å². The summed E-state index contributed by atoms with van der Waals surface area (Å²) in [4.78, 5) is 0.936. The zero-order chi connectivity index (χ0) is 19.5. The summed E-state index contributed by atoms with van der Waals surface area (Å²) in [5.41, 5.74) is 3.91. The molecule has 0 aliphatic carbocycles. The van der Waals surface area contributed by atoms with E-state index in [1.807, 2.05) is 43.3 Å². The van der Waals surface area contributed by atoms with Crippen LogP contribution in [0.1, 0.15) is 25.8 Å². The van der Waals surface area contributed by atoms with Gasteiger partial charge < -0.3 is 4.74 Å². The first-order valence-electron chi connectivity index (χ1n) is 9.73. The van der Waals surface area contributed by atoms with Crippen molar-refractivity contribution in [1.82, 2.24) is 0 Å². The molecule has 0 amide bonds. The van der Waals surface area contributed by atoms with E-state index in [2.05, 4.69) is 31.2 Å². The average Bonchev–Trinajstić information content (AvgIpc) is 3.12. The molecule has 1 aromatic heterocycles. The molecule has 3 aromatic carbocycles. The van der Waals surface area contributed by atoms with Crippen LogP contribution in [0.5, 0.6) is 5.75 Å². The third-order valence-electron chi connectivity index (χ3n) is 4.86. The fourth-order valence-corrected chi connectivity index (χ4v) is 4.57. The second-order valence-corrected chi connectivity index (χ2v) is 7.97. The van der Waals surface area contributed by atoms with E-state index in [-0.39, 0.29) is 5.82 Å². The van der Waals surface area contributed by atoms with Gasteiger partial charge >= 0.3 is 0 Å². The van der Waals surface area contributed by atoms with Gasteiger partial charge in [-0.3, -0.25) is 0 Å². The summed E-state index contributed by atoms with van der Waals surface area (Å²) in [6.07, 6.45) is 2.20. The van der Waals surface area contributed by atoms with Gasteiger partial charge in [0, 0.05) is 15.1 Å². The molecule has 0 aliphatic heterocycles. The lowest BCUT2D eigenvalue weighted by molar-refractivity contribution is 0.341. The lowest BCUT2D eigenvalue weighted by Gasteiger charge is -2.06. The van der Waals surface area contributed by atoms with Gasteiger partial charge in [0.2, 0.25) is 0 Å². The van der Waals surface area contributed by atoms with Crippen molar-refractivity contribution in [3.63, 3.8) is 0 Å². The summed E-state index contributed by atoms with van der Waals surface area (Å²) in [6, 6.07) is 22.0. The molecule has 0 fully saturated rings. The molecule has 142 valence electrons. The van der Waals surface area contributed by atoms with Gasteiger partial charge in [0.1, 0.15) is 11.6 Å². The van der Waals surface area contributed by atoms with Crippen molar-refractivity contribution >= 4 is 21.4 Å². The Morgan fingerprint density at radius 3 is 2.36 bits per heavy atom. The van der Waals surface area contributed by atoms with Crippen LogP contribution in [-0.2, 0) is 6.42 Å². The van der Waals surface area contributed by atoms with Crippen molar-refractivity contribution < 1.29 is 9.13 Å². The van der Waals surface area contributed by atoms with Gasteiger partial charge in [-0.25, -0.2) is 4.39 Å². The Bertz CT molecular complexity index is 1100. The first-order chi connectivity index (χ1) is 13.7. The van der Waals surface area contributed by atoms with Crippen molar-refractivity contribution in [2.45, 2.75) is 26.7 Å². The lowest BCUT2D eigenvalue weighted by Crippen LogP contribution is -1.89. The Hall–Kier alpha value is -2.65. The van der Waals surface area contributed by atoms with Crippen molar-refractivity contribution in [2.75, 3.05) is 6.61 Å². The second-order valence-electron chi connectivity index (χ2n) is 6.88. The quantitative estimate of drug-likeness (QED) is 0.327. The maximum absolute atomic E-state index is 14.9. The topological polar surface area (TPSA) is 9.23 Å². The average molecular weight is 391 g/mol. The zero-order valence-electron chi connectivity index (χ0n) is 16.2. The molecule has 0 saturated heterocycles. The Morgan fingerprint density at radius 2 is 1.64 bits per heavy atom. The Balaban J connectivity index is 1.65. The Morgan fingerprint density at radius 1 is 0.857 bits per heavy atom. The third-order valence-corrected chi connectivity index (χ3v) is 5.99. The smallest absolute Gasteiger partial charge is 0.132 e. The zero-order valence-corrected chi connectivity index (χ0v) is 17.0. The van der Waals surface area contributed by atoms with Gasteiger partial charge in [0.25, 0.3) is 0 Å². The van der Waals surface area contributed by atoms with E-state index in [0.29, 0.717) is 12.2 Å². The number of aryl methyl sites for hydroxylation is 1. The highest BCUT2D eigenvalue weighted by Gasteiger charge is 2.11. The predicted molar refractivity (Wildman–Crippen MR) is 118 cm³/mol. The molecule has 4 rings (SSSR count). The van der Waals surface area contributed by atoms with E-state index in [0.717, 1.165) is 44.7 Å². The summed E-state index contributed by atoms with van der Waals surface area (Å²) in [5, 5.41) is 1.11. The van der Waals surface area contributed by atoms with Crippen LogP contribution >= 0.6 is 11.3 Å². The van der Waals surface area contributed by atoms with Crippen LogP contribution in [0.25, 0.3) is 31.7 Å². The normalized spacial score (nSPS) is 11.1. The van der Waals surface area contributed by atoms with Crippen LogP contribution in [0.15, 0.2) is 66.7 Å². The van der Waals surface area contributed by atoms with Gasteiger partial charge in [0.15, 0.2) is 0 Å². The molecule has 0 saturated carbocycles. The van der Waals surface area contributed by atoms with Crippen molar-refractivity contribution in [3.8, 4) is 27.3 Å². The van der Waals surface area contributed by atoms with Crippen LogP contribution < -0.4 is 4.74 Å². The highest BCUT2D eigenvalue weighted by atomic mass is 32.1. The largest absolute Gasteiger partial charge is 0.494 e. The molecule has 4 aromatic rings. The summed E-state index contributed by atoms with van der Waals surface area (Å²) >= 11 is 1.59. The van der Waals surface area contributed by atoms with E-state index in [1.165, 1.54) is 5.56 Å². The highest BCUT2D eigenvalue weighted by molar-refractivity contribution is 7.22. The molecule has 1 heterocycles. The summed E-state index contributed by atoms with van der Waals surface area (Å²) in [6.45, 7) is 4.78. The molecule has 0 spiro atoms. The summed E-state index contributed by atoms with van der Waals surface area (Å²) < 4.78 is 21.6. The van der Waals surface area contributed by atoms with E-state index in [9.17, 15) is 4.39 Å². The van der Waals surface area contributed by atoms with E-state index >= 15 is 0 Å². The second kappa shape index (κ2) is 8.15. The van der Waals surface area contributed by atoms with E-state index in [1.54, 1.807) is 17.4 Å². The number of hydrogen-bond donors (Lipinski definition) is 0. The first kappa shape index (κ1) is 18.7. The summed E-state index contributed by atoms with van der Waals surface area (Å²) in [7, 11) is 0. The fraction of sp³-hybridized carbons (Fsp3) is 0.200. The number of fused-ring (bicyclic) bond motifs is 1. The minimum absolute atomic E-state index is 0.188. The molecule has 3 heteroatoms. The first-order valence-corrected chi connectivity index (χ1v) is 10.5. The summed E-state index contributed by atoms with van der Waals surface area (Å²) in [5.74, 6) is 0.664. The van der Waals surface area contributed by atoms with Crippen molar-refractivity contribution in [1.29, 1.82) is 0 Å². The molecule has 0 aliphatic rings. The number of thiophene rings is 1. The van der Waals surface area contributed by atoms with Crippen LogP contribution in [0.3, 0.4) is 0 Å². The molecular formula is C25H23FOS. The van der Waals surface area contributed by atoms with E-state index < -0.39 is 0 Å².